The molecule has 0 bridgehead atoms. The Kier molecular flexibility index (Phi) is 5.78. The third-order valence-corrected chi connectivity index (χ3v) is 3.81. The summed E-state index contributed by atoms with van der Waals surface area (Å²) in [6.07, 6.45) is 0. The Morgan fingerprint density at radius 2 is 1.90 bits per heavy atom. The number of aliphatic hydroxyl groups is 1. The monoisotopic (exact) mass is 305 g/mol. The molecule has 0 aliphatic rings. The van der Waals surface area contributed by atoms with E-state index in [1.165, 1.54) is 23.9 Å². The van der Waals surface area contributed by atoms with Gasteiger partial charge in [0.15, 0.2) is 0 Å². The third-order valence-electron chi connectivity index (χ3n) is 2.81. The molecule has 2 aromatic carbocycles. The molecule has 110 valence electrons. The lowest BCUT2D eigenvalue weighted by Crippen LogP contribution is -2.14. The number of benzene rings is 2. The van der Waals surface area contributed by atoms with Crippen molar-refractivity contribution in [1.29, 1.82) is 0 Å². The third kappa shape index (κ3) is 5.21. The zero-order valence-corrected chi connectivity index (χ0v) is 12.2. The normalized spacial score (nSPS) is 10.4. The molecule has 0 aromatic heterocycles. The quantitative estimate of drug-likeness (QED) is 0.861. The first-order valence-corrected chi connectivity index (χ1v) is 7.64. The Bertz CT molecular complexity index is 601. The lowest BCUT2D eigenvalue weighted by molar-refractivity contribution is -0.113. The molecular formula is C16H16FNO2S. The minimum Gasteiger partial charge on any atom is -0.392 e. The lowest BCUT2D eigenvalue weighted by Gasteiger charge is -2.06. The van der Waals surface area contributed by atoms with Crippen LogP contribution in [0.25, 0.3) is 0 Å². The second-order valence-electron chi connectivity index (χ2n) is 4.53. The number of amides is 1. The first kappa shape index (κ1) is 15.5. The molecule has 0 aliphatic carbocycles. The Morgan fingerprint density at radius 1 is 1.14 bits per heavy atom. The number of nitrogens with one attached hydrogen (secondary N) is 1. The van der Waals surface area contributed by atoms with E-state index in [0.717, 1.165) is 11.1 Å². The Balaban J connectivity index is 1.78. The predicted molar refractivity (Wildman–Crippen MR) is 83.6 cm³/mol. The van der Waals surface area contributed by atoms with Gasteiger partial charge in [0.05, 0.1) is 12.4 Å². The summed E-state index contributed by atoms with van der Waals surface area (Å²) in [5.74, 6) is 0.618. The van der Waals surface area contributed by atoms with E-state index in [9.17, 15) is 9.18 Å². The smallest absolute Gasteiger partial charge is 0.234 e. The van der Waals surface area contributed by atoms with Crippen LogP contribution in [0.2, 0.25) is 0 Å². The number of hydrogen-bond donors (Lipinski definition) is 2. The van der Waals surface area contributed by atoms with Crippen molar-refractivity contribution in [1.82, 2.24) is 0 Å². The highest BCUT2D eigenvalue weighted by molar-refractivity contribution is 7.99. The number of anilines is 1. The van der Waals surface area contributed by atoms with Gasteiger partial charge in [0, 0.05) is 11.4 Å². The van der Waals surface area contributed by atoms with Crippen molar-refractivity contribution < 1.29 is 14.3 Å². The fraction of sp³-hybridized carbons (Fsp3) is 0.188. The summed E-state index contributed by atoms with van der Waals surface area (Å²) in [4.78, 5) is 11.8. The molecule has 1 amide bonds. The molecule has 0 spiro atoms. The van der Waals surface area contributed by atoms with E-state index in [1.807, 2.05) is 0 Å². The molecule has 3 nitrogen and oxygen atoms in total. The van der Waals surface area contributed by atoms with Crippen LogP contribution in [-0.2, 0) is 17.2 Å². The van der Waals surface area contributed by atoms with Crippen LogP contribution in [0, 0.1) is 5.82 Å². The maximum atomic E-state index is 12.8. The predicted octanol–water partition coefficient (Wildman–Crippen LogP) is 3.19. The van der Waals surface area contributed by atoms with Crippen molar-refractivity contribution in [2.24, 2.45) is 0 Å². The van der Waals surface area contributed by atoms with E-state index in [1.54, 1.807) is 36.4 Å². The first-order valence-electron chi connectivity index (χ1n) is 6.49. The number of carbonyl (C=O) groups is 1. The number of carbonyl (C=O) groups excluding carboxylic acids is 1. The van der Waals surface area contributed by atoms with Crippen LogP contribution >= 0.6 is 11.8 Å². The van der Waals surface area contributed by atoms with Gasteiger partial charge in [-0.1, -0.05) is 24.3 Å². The van der Waals surface area contributed by atoms with Crippen LogP contribution in [0.15, 0.2) is 48.5 Å². The standard InChI is InChI=1S/C16H16FNO2S/c17-14-6-4-12(5-7-14)10-21-11-16(20)18-15-3-1-2-13(8-15)9-19/h1-8,19H,9-11H2,(H,18,20). The van der Waals surface area contributed by atoms with Crippen molar-refractivity contribution in [2.75, 3.05) is 11.1 Å². The summed E-state index contributed by atoms with van der Waals surface area (Å²) >= 11 is 1.47. The zero-order valence-electron chi connectivity index (χ0n) is 11.4. The molecule has 0 saturated carbocycles. The molecule has 2 aromatic rings. The fourth-order valence-corrected chi connectivity index (χ4v) is 2.57. The highest BCUT2D eigenvalue weighted by Gasteiger charge is 2.04. The number of halogens is 1. The van der Waals surface area contributed by atoms with Gasteiger partial charge in [-0.05, 0) is 35.4 Å². The number of rotatable bonds is 6. The van der Waals surface area contributed by atoms with Crippen molar-refractivity contribution in [3.63, 3.8) is 0 Å². The molecule has 0 fully saturated rings. The molecule has 5 heteroatoms. The van der Waals surface area contributed by atoms with Gasteiger partial charge in [0.25, 0.3) is 0 Å². The molecular weight excluding hydrogens is 289 g/mol. The van der Waals surface area contributed by atoms with E-state index in [-0.39, 0.29) is 18.3 Å². The fourth-order valence-electron chi connectivity index (χ4n) is 1.79. The molecule has 21 heavy (non-hydrogen) atoms. The first-order chi connectivity index (χ1) is 10.2. The van der Waals surface area contributed by atoms with Crippen LogP contribution in [0.5, 0.6) is 0 Å². The number of hydrogen-bond acceptors (Lipinski definition) is 3. The summed E-state index contributed by atoms with van der Waals surface area (Å²) in [6.45, 7) is -0.0526. The second kappa shape index (κ2) is 7.81. The van der Waals surface area contributed by atoms with Gasteiger partial charge >= 0.3 is 0 Å². The molecule has 0 aliphatic heterocycles. The van der Waals surface area contributed by atoms with Crippen molar-refractivity contribution >= 4 is 23.4 Å². The Labute approximate surface area is 127 Å². The topological polar surface area (TPSA) is 49.3 Å². The van der Waals surface area contributed by atoms with Gasteiger partial charge < -0.3 is 10.4 Å². The largest absolute Gasteiger partial charge is 0.392 e. The highest BCUT2D eigenvalue weighted by Crippen LogP contribution is 2.14. The van der Waals surface area contributed by atoms with Crippen LogP contribution < -0.4 is 5.32 Å². The zero-order chi connectivity index (χ0) is 15.1. The average molecular weight is 305 g/mol. The van der Waals surface area contributed by atoms with Gasteiger partial charge in [-0.2, -0.15) is 0 Å². The summed E-state index contributed by atoms with van der Waals surface area (Å²) < 4.78 is 12.8. The highest BCUT2D eigenvalue weighted by atomic mass is 32.2. The van der Waals surface area contributed by atoms with Gasteiger partial charge in [-0.3, -0.25) is 4.79 Å². The van der Waals surface area contributed by atoms with Gasteiger partial charge in [0.2, 0.25) is 5.91 Å². The van der Waals surface area contributed by atoms with Crippen LogP contribution in [0.1, 0.15) is 11.1 Å². The summed E-state index contributed by atoms with van der Waals surface area (Å²) in [6, 6.07) is 13.3. The summed E-state index contributed by atoms with van der Waals surface area (Å²) in [5.41, 5.74) is 2.41. The van der Waals surface area contributed by atoms with Crippen LogP contribution in [0.3, 0.4) is 0 Å². The minimum absolute atomic E-state index is 0.0526. The summed E-state index contributed by atoms with van der Waals surface area (Å²) in [5, 5.41) is 11.8. The van der Waals surface area contributed by atoms with Crippen LogP contribution in [-0.4, -0.2) is 16.8 Å². The van der Waals surface area contributed by atoms with E-state index in [0.29, 0.717) is 17.2 Å². The maximum absolute atomic E-state index is 12.8. The average Bonchev–Trinajstić information content (AvgIpc) is 2.49. The van der Waals surface area contributed by atoms with E-state index >= 15 is 0 Å². The van der Waals surface area contributed by atoms with Gasteiger partial charge in [-0.15, -0.1) is 11.8 Å². The Hall–Kier alpha value is -1.85. The SMILES string of the molecule is O=C(CSCc1ccc(F)cc1)Nc1cccc(CO)c1. The molecule has 0 heterocycles. The molecule has 0 atom stereocenters. The number of aliphatic hydroxyl groups excluding tert-OH is 1. The second-order valence-corrected chi connectivity index (χ2v) is 5.51. The Morgan fingerprint density at radius 3 is 2.62 bits per heavy atom. The lowest BCUT2D eigenvalue weighted by atomic mass is 10.2. The maximum Gasteiger partial charge on any atom is 0.234 e. The molecule has 2 rings (SSSR count). The molecule has 0 unspecified atom stereocenters. The molecule has 0 radical (unpaired) electrons. The van der Waals surface area contributed by atoms with E-state index in [2.05, 4.69) is 5.32 Å². The molecule has 0 saturated heterocycles. The van der Waals surface area contributed by atoms with E-state index < -0.39 is 0 Å². The molecule has 2 N–H and O–H groups in total. The van der Waals surface area contributed by atoms with Crippen LogP contribution in [0.4, 0.5) is 10.1 Å². The van der Waals surface area contributed by atoms with E-state index in [4.69, 9.17) is 5.11 Å². The van der Waals surface area contributed by atoms with Crippen molar-refractivity contribution in [2.45, 2.75) is 12.4 Å². The van der Waals surface area contributed by atoms with Gasteiger partial charge in [0.1, 0.15) is 5.82 Å². The summed E-state index contributed by atoms with van der Waals surface area (Å²) in [7, 11) is 0. The van der Waals surface area contributed by atoms with Gasteiger partial charge in [-0.25, -0.2) is 4.39 Å². The van der Waals surface area contributed by atoms with Crippen molar-refractivity contribution in [3.05, 3.63) is 65.5 Å². The van der Waals surface area contributed by atoms with Crippen molar-refractivity contribution in [3.8, 4) is 0 Å². The number of thioether (sulfide) groups is 1. The minimum atomic E-state index is -0.259.